The number of rotatable bonds is 7. The molecule has 0 rings (SSSR count). The molecule has 2 N–H and O–H groups in total. The van der Waals surface area contributed by atoms with Crippen molar-refractivity contribution >= 4 is 16.6 Å². The van der Waals surface area contributed by atoms with E-state index in [1.807, 2.05) is 26.2 Å². The second-order valence-corrected chi connectivity index (χ2v) is 13.8. The predicted octanol–water partition coefficient (Wildman–Crippen LogP) is 2.94. The molecule has 0 aliphatic heterocycles. The topological polar surface area (TPSA) is 40.5 Å². The fourth-order valence-corrected chi connectivity index (χ4v) is 3.70. The third-order valence-electron chi connectivity index (χ3n) is 2.33. The van der Waals surface area contributed by atoms with Gasteiger partial charge in [-0.05, 0) is 38.3 Å². The standard InChI is InChI=1S/C10H26O2Si2/c1-13(2,11)9-7-5-6-8-10-14(3,4)12/h11-12H,5-10H2,1-4H3. The van der Waals surface area contributed by atoms with Gasteiger partial charge in [-0.1, -0.05) is 25.7 Å². The van der Waals surface area contributed by atoms with Crippen molar-refractivity contribution in [3.05, 3.63) is 0 Å². The molecule has 0 saturated carbocycles. The molecule has 14 heavy (non-hydrogen) atoms. The second kappa shape index (κ2) is 6.05. The van der Waals surface area contributed by atoms with E-state index in [0.29, 0.717) is 0 Å². The molecule has 0 bridgehead atoms. The molecule has 0 amide bonds. The molecule has 86 valence electrons. The highest BCUT2D eigenvalue weighted by atomic mass is 28.4. The molecule has 0 atom stereocenters. The van der Waals surface area contributed by atoms with E-state index in [0.717, 1.165) is 24.9 Å². The molecule has 0 aromatic heterocycles. The average molecular weight is 234 g/mol. The van der Waals surface area contributed by atoms with Gasteiger partial charge in [0, 0.05) is 0 Å². The molecule has 0 heterocycles. The van der Waals surface area contributed by atoms with Crippen LogP contribution in [0.4, 0.5) is 0 Å². The van der Waals surface area contributed by atoms with Crippen molar-refractivity contribution in [3.8, 4) is 0 Å². The zero-order chi connectivity index (χ0) is 11.2. The van der Waals surface area contributed by atoms with E-state index in [-0.39, 0.29) is 0 Å². The molecule has 0 saturated heterocycles. The van der Waals surface area contributed by atoms with E-state index in [4.69, 9.17) is 0 Å². The summed E-state index contributed by atoms with van der Waals surface area (Å²) in [7, 11) is -3.59. The highest BCUT2D eigenvalue weighted by Gasteiger charge is 2.17. The van der Waals surface area contributed by atoms with Gasteiger partial charge in [0.2, 0.25) is 0 Å². The minimum Gasteiger partial charge on any atom is -0.432 e. The van der Waals surface area contributed by atoms with Crippen LogP contribution in [0.25, 0.3) is 0 Å². The van der Waals surface area contributed by atoms with Crippen molar-refractivity contribution in [2.24, 2.45) is 0 Å². The van der Waals surface area contributed by atoms with Gasteiger partial charge in [-0.15, -0.1) is 0 Å². The Kier molecular flexibility index (Phi) is 6.20. The predicted molar refractivity (Wildman–Crippen MR) is 67.5 cm³/mol. The Hall–Kier alpha value is 0.354. The summed E-state index contributed by atoms with van der Waals surface area (Å²) in [4.78, 5) is 19.2. The van der Waals surface area contributed by atoms with Crippen LogP contribution in [0.5, 0.6) is 0 Å². The zero-order valence-corrected chi connectivity index (χ0v) is 12.1. The zero-order valence-electron chi connectivity index (χ0n) is 10.1. The van der Waals surface area contributed by atoms with Crippen molar-refractivity contribution in [1.82, 2.24) is 0 Å². The molecule has 0 aliphatic carbocycles. The van der Waals surface area contributed by atoms with Crippen LogP contribution in [-0.2, 0) is 0 Å². The first kappa shape index (κ1) is 14.4. The largest absolute Gasteiger partial charge is 0.432 e. The number of hydrogen-bond donors (Lipinski definition) is 2. The van der Waals surface area contributed by atoms with Crippen molar-refractivity contribution in [3.63, 3.8) is 0 Å². The quantitative estimate of drug-likeness (QED) is 0.525. The lowest BCUT2D eigenvalue weighted by molar-refractivity contribution is 0.529. The Morgan fingerprint density at radius 2 is 0.929 bits per heavy atom. The van der Waals surface area contributed by atoms with E-state index in [2.05, 4.69) is 0 Å². The van der Waals surface area contributed by atoms with Gasteiger partial charge < -0.3 is 9.59 Å². The summed E-state index contributed by atoms with van der Waals surface area (Å²) in [6.07, 6.45) is 4.73. The van der Waals surface area contributed by atoms with Gasteiger partial charge in [0.25, 0.3) is 0 Å². The molecular weight excluding hydrogens is 208 g/mol. The lowest BCUT2D eigenvalue weighted by Crippen LogP contribution is -2.24. The van der Waals surface area contributed by atoms with Crippen LogP contribution in [-0.4, -0.2) is 26.2 Å². The smallest absolute Gasteiger partial charge is 0.182 e. The van der Waals surface area contributed by atoms with Crippen molar-refractivity contribution in [2.45, 2.75) is 64.0 Å². The van der Waals surface area contributed by atoms with Gasteiger partial charge in [-0.2, -0.15) is 0 Å². The van der Waals surface area contributed by atoms with Gasteiger partial charge >= 0.3 is 0 Å². The summed E-state index contributed by atoms with van der Waals surface area (Å²) in [5.41, 5.74) is 0. The van der Waals surface area contributed by atoms with Gasteiger partial charge in [0.1, 0.15) is 0 Å². The monoisotopic (exact) mass is 234 g/mol. The van der Waals surface area contributed by atoms with Crippen LogP contribution in [0, 0.1) is 0 Å². The number of hydrogen-bond acceptors (Lipinski definition) is 2. The summed E-state index contributed by atoms with van der Waals surface area (Å²) in [5, 5.41) is 0. The maximum Gasteiger partial charge on any atom is 0.182 e. The van der Waals surface area contributed by atoms with Crippen LogP contribution in [0.2, 0.25) is 38.3 Å². The fraction of sp³-hybridized carbons (Fsp3) is 1.00. The minimum atomic E-state index is -1.79. The Morgan fingerprint density at radius 3 is 1.14 bits per heavy atom. The van der Waals surface area contributed by atoms with Crippen LogP contribution < -0.4 is 0 Å². The summed E-state index contributed by atoms with van der Waals surface area (Å²) in [6.45, 7) is 7.99. The Labute approximate surface area is 90.6 Å². The third kappa shape index (κ3) is 12.4. The molecule has 0 spiro atoms. The third-order valence-corrected chi connectivity index (χ3v) is 5.48. The summed E-state index contributed by atoms with van der Waals surface area (Å²) in [6, 6.07) is 2.04. The van der Waals surface area contributed by atoms with Gasteiger partial charge in [-0.3, -0.25) is 0 Å². The maximum atomic E-state index is 9.61. The normalized spacial score (nSPS) is 13.3. The second-order valence-electron chi connectivity index (χ2n) is 5.54. The molecule has 0 fully saturated rings. The highest BCUT2D eigenvalue weighted by molar-refractivity contribution is 6.70. The molecule has 0 aromatic carbocycles. The molecule has 0 radical (unpaired) electrons. The van der Waals surface area contributed by atoms with Gasteiger partial charge in [0.05, 0.1) is 0 Å². The summed E-state index contributed by atoms with van der Waals surface area (Å²) in [5.74, 6) is 0. The lowest BCUT2D eigenvalue weighted by atomic mass is 10.2. The first-order valence-corrected chi connectivity index (χ1v) is 12.0. The Balaban J connectivity index is 3.23. The van der Waals surface area contributed by atoms with Crippen molar-refractivity contribution < 1.29 is 9.59 Å². The van der Waals surface area contributed by atoms with Crippen LogP contribution >= 0.6 is 0 Å². The maximum absolute atomic E-state index is 9.61. The van der Waals surface area contributed by atoms with E-state index >= 15 is 0 Å². The van der Waals surface area contributed by atoms with Crippen LogP contribution in [0.15, 0.2) is 0 Å². The average Bonchev–Trinajstić information content (AvgIpc) is 1.92. The molecule has 2 nitrogen and oxygen atoms in total. The molecule has 0 aromatic rings. The van der Waals surface area contributed by atoms with Crippen LogP contribution in [0.3, 0.4) is 0 Å². The van der Waals surface area contributed by atoms with E-state index in [1.54, 1.807) is 0 Å². The van der Waals surface area contributed by atoms with Crippen molar-refractivity contribution in [1.29, 1.82) is 0 Å². The van der Waals surface area contributed by atoms with Crippen molar-refractivity contribution in [2.75, 3.05) is 0 Å². The molecule has 0 aliphatic rings. The minimum absolute atomic E-state index is 1.02. The van der Waals surface area contributed by atoms with E-state index in [1.165, 1.54) is 12.8 Å². The first-order chi connectivity index (χ1) is 6.21. The van der Waals surface area contributed by atoms with Gasteiger partial charge in [-0.25, -0.2) is 0 Å². The lowest BCUT2D eigenvalue weighted by Gasteiger charge is -2.14. The molecular formula is C10H26O2Si2. The molecule has 0 unspecified atom stereocenters. The molecule has 4 heteroatoms. The fourth-order valence-electron chi connectivity index (χ4n) is 1.47. The van der Waals surface area contributed by atoms with E-state index in [9.17, 15) is 9.59 Å². The Morgan fingerprint density at radius 1 is 0.643 bits per heavy atom. The van der Waals surface area contributed by atoms with E-state index < -0.39 is 16.6 Å². The summed E-state index contributed by atoms with van der Waals surface area (Å²) < 4.78 is 0. The van der Waals surface area contributed by atoms with Gasteiger partial charge in [0.15, 0.2) is 16.6 Å². The summed E-state index contributed by atoms with van der Waals surface area (Å²) >= 11 is 0. The van der Waals surface area contributed by atoms with Crippen LogP contribution in [0.1, 0.15) is 25.7 Å². The SMILES string of the molecule is C[Si](C)(O)CCCCCC[Si](C)(C)O. The first-order valence-electron chi connectivity index (χ1n) is 5.65. The highest BCUT2D eigenvalue weighted by Crippen LogP contribution is 2.15. The number of unbranched alkanes of at least 4 members (excludes halogenated alkanes) is 3. The Bertz CT molecular complexity index is 129.